The fraction of sp³-hybridized carbons (Fsp3) is 0.333. The summed E-state index contributed by atoms with van der Waals surface area (Å²) in [6.45, 7) is 8.32. The Kier molecular flexibility index (Phi) is 5.68. The Hall–Kier alpha value is -1.73. The smallest absolute Gasteiger partial charge is 0.317 e. The zero-order valence-electron chi connectivity index (χ0n) is 13.6. The first-order chi connectivity index (χ1) is 10.5. The van der Waals surface area contributed by atoms with E-state index in [1.54, 1.807) is 0 Å². The summed E-state index contributed by atoms with van der Waals surface area (Å²) in [6.07, 6.45) is 0. The lowest BCUT2D eigenvalue weighted by Gasteiger charge is -2.29. The van der Waals surface area contributed by atoms with Crippen LogP contribution in [-0.4, -0.2) is 11.7 Å². The zero-order valence-corrected chi connectivity index (χ0v) is 14.5. The second-order valence-electron chi connectivity index (χ2n) is 5.68. The molecule has 22 heavy (non-hydrogen) atoms. The van der Waals surface area contributed by atoms with E-state index < -0.39 is 7.51 Å². The fourth-order valence-corrected chi connectivity index (χ4v) is 4.31. The molecule has 0 saturated carbocycles. The molecule has 0 saturated heterocycles. The van der Waals surface area contributed by atoms with Crippen molar-refractivity contribution in [2.24, 2.45) is 4.74 Å². The molecule has 2 aromatic rings. The van der Waals surface area contributed by atoms with Crippen LogP contribution in [0.1, 0.15) is 27.7 Å². The minimum atomic E-state index is -2.44. The highest BCUT2D eigenvalue weighted by molar-refractivity contribution is 7.58. The molecule has 0 aliphatic carbocycles. The summed E-state index contributed by atoms with van der Waals surface area (Å²) >= 11 is 0. The largest absolute Gasteiger partial charge is 0.430 e. The van der Waals surface area contributed by atoms with Gasteiger partial charge in [-0.05, 0) is 38.1 Å². The highest BCUT2D eigenvalue weighted by Gasteiger charge is 2.30. The van der Waals surface area contributed by atoms with E-state index in [0.717, 1.165) is 11.5 Å². The summed E-state index contributed by atoms with van der Waals surface area (Å²) in [6, 6.07) is 19.7. The van der Waals surface area contributed by atoms with E-state index in [1.165, 1.54) is 0 Å². The molecule has 0 N–H and O–H groups in total. The summed E-state index contributed by atoms with van der Waals surface area (Å²) in [5, 5.41) is 0. The molecule has 0 unspecified atom stereocenters. The number of para-hydroxylation sites is 2. The first-order valence-corrected chi connectivity index (χ1v) is 9.27. The van der Waals surface area contributed by atoms with Crippen molar-refractivity contribution >= 4 is 7.51 Å². The maximum atomic E-state index is 6.30. The molecule has 0 atom stereocenters. The van der Waals surface area contributed by atoms with Crippen LogP contribution in [0, 0.1) is 0 Å². The number of benzene rings is 2. The number of hydrogen-bond donors (Lipinski definition) is 0. The molecule has 0 bridgehead atoms. The Morgan fingerprint density at radius 2 is 1.14 bits per heavy atom. The topological polar surface area (TPSA) is 30.8 Å². The van der Waals surface area contributed by atoms with Crippen LogP contribution < -0.4 is 9.05 Å². The van der Waals surface area contributed by atoms with Crippen LogP contribution in [0.25, 0.3) is 0 Å². The van der Waals surface area contributed by atoms with Gasteiger partial charge in [0.1, 0.15) is 11.5 Å². The van der Waals surface area contributed by atoms with Crippen LogP contribution in [0.5, 0.6) is 11.5 Å². The fourth-order valence-electron chi connectivity index (χ4n) is 2.00. The predicted octanol–water partition coefficient (Wildman–Crippen LogP) is 5.99. The van der Waals surface area contributed by atoms with Gasteiger partial charge in [0.2, 0.25) is 0 Å². The number of hydrogen-bond acceptors (Lipinski definition) is 3. The molecule has 4 heteroatoms. The van der Waals surface area contributed by atoms with Crippen molar-refractivity contribution in [1.29, 1.82) is 0 Å². The van der Waals surface area contributed by atoms with Crippen molar-refractivity contribution in [1.82, 2.24) is 0 Å². The maximum Gasteiger partial charge on any atom is 0.317 e. The Balaban J connectivity index is 2.42. The molecule has 0 amide bonds. The first-order valence-electron chi connectivity index (χ1n) is 7.62. The first kappa shape index (κ1) is 16.6. The molecule has 2 rings (SSSR count). The average molecular weight is 317 g/mol. The summed E-state index contributed by atoms with van der Waals surface area (Å²) in [4.78, 5) is 0. The molecule has 2 aromatic carbocycles. The van der Waals surface area contributed by atoms with Gasteiger partial charge in [0.15, 0.2) is 0 Å². The summed E-state index contributed by atoms with van der Waals surface area (Å²) in [7, 11) is -2.44. The lowest BCUT2D eigenvalue weighted by atomic mass is 10.3. The second kappa shape index (κ2) is 7.51. The van der Waals surface area contributed by atoms with Gasteiger partial charge >= 0.3 is 7.51 Å². The molecule has 0 aliphatic rings. The van der Waals surface area contributed by atoms with Crippen LogP contribution in [0.15, 0.2) is 65.4 Å². The van der Waals surface area contributed by atoms with E-state index in [9.17, 15) is 0 Å². The van der Waals surface area contributed by atoms with Gasteiger partial charge in [-0.3, -0.25) is 0 Å². The van der Waals surface area contributed by atoms with E-state index in [0.29, 0.717) is 0 Å². The molecule has 0 aliphatic heterocycles. The van der Waals surface area contributed by atoms with E-state index in [-0.39, 0.29) is 11.7 Å². The van der Waals surface area contributed by atoms with Crippen LogP contribution in [0.4, 0.5) is 0 Å². The molecule has 3 nitrogen and oxygen atoms in total. The lowest BCUT2D eigenvalue weighted by molar-refractivity contribution is 0.458. The highest BCUT2D eigenvalue weighted by atomic mass is 31.2. The molecular weight excluding hydrogens is 293 g/mol. The predicted molar refractivity (Wildman–Crippen MR) is 93.8 cm³/mol. The summed E-state index contributed by atoms with van der Waals surface area (Å²) in [5.41, 5.74) is 0.162. The van der Waals surface area contributed by atoms with Gasteiger partial charge in [-0.25, -0.2) is 4.74 Å². The Morgan fingerprint density at radius 3 is 1.45 bits per heavy atom. The minimum Gasteiger partial charge on any atom is -0.430 e. The van der Waals surface area contributed by atoms with Crippen LogP contribution in [0.3, 0.4) is 0 Å². The molecule has 0 aromatic heterocycles. The Morgan fingerprint density at radius 1 is 0.727 bits per heavy atom. The Labute approximate surface area is 133 Å². The summed E-state index contributed by atoms with van der Waals surface area (Å²) < 4.78 is 17.5. The van der Waals surface area contributed by atoms with Crippen molar-refractivity contribution in [3.05, 3.63) is 60.7 Å². The van der Waals surface area contributed by atoms with E-state index in [4.69, 9.17) is 13.8 Å². The van der Waals surface area contributed by atoms with Crippen molar-refractivity contribution in [2.45, 2.75) is 39.4 Å². The molecule has 0 heterocycles. The SMILES string of the molecule is CC(C)N=P(Oc1ccccc1)(Oc1ccccc1)C(C)C. The van der Waals surface area contributed by atoms with E-state index in [1.807, 2.05) is 60.7 Å². The molecule has 0 fully saturated rings. The van der Waals surface area contributed by atoms with Crippen LogP contribution >= 0.6 is 7.51 Å². The van der Waals surface area contributed by atoms with Gasteiger partial charge in [0, 0.05) is 6.04 Å². The second-order valence-corrected chi connectivity index (χ2v) is 8.43. The third-order valence-corrected chi connectivity index (χ3v) is 6.04. The molecule has 0 spiro atoms. The quantitative estimate of drug-likeness (QED) is 0.612. The minimum absolute atomic E-state index is 0.142. The molecule has 118 valence electrons. The number of rotatable bonds is 6. The lowest BCUT2D eigenvalue weighted by Crippen LogP contribution is -2.13. The Bertz CT molecular complexity index is 579. The molecular formula is C18H24NO2P. The third kappa shape index (κ3) is 4.38. The van der Waals surface area contributed by atoms with E-state index >= 15 is 0 Å². The standard InChI is InChI=1S/C18H24NO2P/c1-15(2)19-22(16(3)4,20-17-11-7-5-8-12-17)21-18-13-9-6-10-14-18/h5-16H,1-4H3. The third-order valence-electron chi connectivity index (χ3n) is 3.00. The van der Waals surface area contributed by atoms with Crippen LogP contribution in [0.2, 0.25) is 0 Å². The maximum absolute atomic E-state index is 6.30. The van der Waals surface area contributed by atoms with Gasteiger partial charge in [0.05, 0.1) is 5.66 Å². The number of nitrogens with zero attached hydrogens (tertiary/aromatic N) is 1. The van der Waals surface area contributed by atoms with Crippen molar-refractivity contribution in [2.75, 3.05) is 0 Å². The van der Waals surface area contributed by atoms with Crippen molar-refractivity contribution in [3.8, 4) is 11.5 Å². The van der Waals surface area contributed by atoms with Crippen molar-refractivity contribution in [3.63, 3.8) is 0 Å². The summed E-state index contributed by atoms with van der Waals surface area (Å²) in [5.74, 6) is 1.59. The average Bonchev–Trinajstić information content (AvgIpc) is 2.48. The van der Waals surface area contributed by atoms with Gasteiger partial charge in [-0.2, -0.15) is 0 Å². The zero-order chi connectivity index (χ0) is 16.0. The van der Waals surface area contributed by atoms with Gasteiger partial charge < -0.3 is 9.05 Å². The highest BCUT2D eigenvalue weighted by Crippen LogP contribution is 2.56. The van der Waals surface area contributed by atoms with Gasteiger partial charge in [-0.1, -0.05) is 50.2 Å². The normalized spacial score (nSPS) is 11.5. The van der Waals surface area contributed by atoms with E-state index in [2.05, 4.69) is 27.7 Å². The van der Waals surface area contributed by atoms with Gasteiger partial charge in [-0.15, -0.1) is 0 Å². The van der Waals surface area contributed by atoms with Crippen molar-refractivity contribution < 1.29 is 9.05 Å². The van der Waals surface area contributed by atoms with Gasteiger partial charge in [0.25, 0.3) is 0 Å². The monoisotopic (exact) mass is 317 g/mol. The van der Waals surface area contributed by atoms with Crippen LogP contribution in [-0.2, 0) is 0 Å². The molecule has 0 radical (unpaired) electrons.